The van der Waals surface area contributed by atoms with Crippen molar-refractivity contribution >= 4 is 29.9 Å². The van der Waals surface area contributed by atoms with Crippen molar-refractivity contribution in [3.05, 3.63) is 65.7 Å². The Morgan fingerprint density at radius 2 is 1.92 bits per heavy atom. The average molecular weight is 467 g/mol. The largest absolute Gasteiger partial charge is 0.493 e. The molecule has 1 aliphatic heterocycles. The first-order valence-electron chi connectivity index (χ1n) is 8.67. The van der Waals surface area contributed by atoms with Gasteiger partial charge in [0.25, 0.3) is 0 Å². The van der Waals surface area contributed by atoms with E-state index in [-0.39, 0.29) is 30.0 Å². The maximum absolute atomic E-state index is 5.70. The lowest BCUT2D eigenvalue weighted by molar-refractivity contribution is 0.125. The smallest absolute Gasteiger partial charge is 0.191 e. The molecule has 1 atom stereocenters. The summed E-state index contributed by atoms with van der Waals surface area (Å²) in [5, 5.41) is 6.78. The fourth-order valence-electron chi connectivity index (χ4n) is 2.86. The van der Waals surface area contributed by atoms with Crippen LogP contribution in [0, 0.1) is 0 Å². The van der Waals surface area contributed by atoms with Gasteiger partial charge in [-0.25, -0.2) is 0 Å². The molecule has 140 valence electrons. The van der Waals surface area contributed by atoms with Crippen LogP contribution >= 0.6 is 24.0 Å². The van der Waals surface area contributed by atoms with Crippen molar-refractivity contribution in [1.82, 2.24) is 10.6 Å². The molecule has 6 heteroatoms. The van der Waals surface area contributed by atoms with Crippen molar-refractivity contribution in [2.24, 2.45) is 4.99 Å². The van der Waals surface area contributed by atoms with Gasteiger partial charge in [0, 0.05) is 25.6 Å². The second-order valence-corrected chi connectivity index (χ2v) is 5.91. The van der Waals surface area contributed by atoms with Crippen LogP contribution in [0.15, 0.2) is 59.6 Å². The van der Waals surface area contributed by atoms with Gasteiger partial charge in [-0.05, 0) is 11.6 Å². The zero-order valence-electron chi connectivity index (χ0n) is 15.0. The van der Waals surface area contributed by atoms with Crippen molar-refractivity contribution in [3.8, 4) is 5.75 Å². The first-order chi connectivity index (χ1) is 12.4. The van der Waals surface area contributed by atoms with Crippen LogP contribution in [0.4, 0.5) is 0 Å². The van der Waals surface area contributed by atoms with Crippen molar-refractivity contribution < 1.29 is 9.47 Å². The van der Waals surface area contributed by atoms with Crippen LogP contribution in [0.1, 0.15) is 23.6 Å². The normalized spacial score (nSPS) is 16.0. The Hall–Kier alpha value is -1.80. The van der Waals surface area contributed by atoms with Gasteiger partial charge in [-0.2, -0.15) is 0 Å². The van der Waals surface area contributed by atoms with Crippen LogP contribution in [0.2, 0.25) is 0 Å². The number of benzene rings is 2. The molecule has 2 aromatic rings. The number of para-hydroxylation sites is 1. The Morgan fingerprint density at radius 1 is 1.15 bits per heavy atom. The molecule has 3 rings (SSSR count). The zero-order chi connectivity index (χ0) is 17.3. The second kappa shape index (κ2) is 11.0. The lowest BCUT2D eigenvalue weighted by Crippen LogP contribution is -2.42. The molecule has 0 saturated carbocycles. The number of aliphatic imine (C=N–C) groups is 1. The summed E-state index contributed by atoms with van der Waals surface area (Å²) in [6.45, 7) is 2.67. The van der Waals surface area contributed by atoms with Crippen molar-refractivity contribution in [1.29, 1.82) is 0 Å². The molecule has 0 saturated heterocycles. The Labute approximate surface area is 172 Å². The van der Waals surface area contributed by atoms with E-state index in [9.17, 15) is 0 Å². The lowest BCUT2D eigenvalue weighted by Gasteiger charge is -2.28. The predicted octanol–water partition coefficient (Wildman–Crippen LogP) is 3.51. The van der Waals surface area contributed by atoms with E-state index >= 15 is 0 Å². The molecule has 0 aliphatic carbocycles. The third kappa shape index (κ3) is 5.88. The summed E-state index contributed by atoms with van der Waals surface area (Å²) >= 11 is 0. The number of halogens is 1. The van der Waals surface area contributed by atoms with Gasteiger partial charge in [0.1, 0.15) is 5.75 Å². The van der Waals surface area contributed by atoms with E-state index in [0.717, 1.165) is 18.1 Å². The van der Waals surface area contributed by atoms with Gasteiger partial charge in [0.2, 0.25) is 0 Å². The van der Waals surface area contributed by atoms with Crippen molar-refractivity contribution in [3.63, 3.8) is 0 Å². The molecule has 1 unspecified atom stereocenters. The first kappa shape index (κ1) is 20.5. The number of hydrogen-bond donors (Lipinski definition) is 2. The molecule has 1 aliphatic rings. The number of hydrogen-bond acceptors (Lipinski definition) is 3. The van der Waals surface area contributed by atoms with E-state index in [4.69, 9.17) is 9.47 Å². The highest BCUT2D eigenvalue weighted by Gasteiger charge is 2.21. The average Bonchev–Trinajstić information content (AvgIpc) is 2.68. The van der Waals surface area contributed by atoms with Crippen LogP contribution in [-0.4, -0.2) is 32.8 Å². The van der Waals surface area contributed by atoms with Crippen LogP contribution < -0.4 is 15.4 Å². The highest BCUT2D eigenvalue weighted by molar-refractivity contribution is 14.0. The van der Waals surface area contributed by atoms with Crippen LogP contribution in [-0.2, 0) is 11.3 Å². The summed E-state index contributed by atoms with van der Waals surface area (Å²) < 4.78 is 11.4. The minimum Gasteiger partial charge on any atom is -0.493 e. The summed E-state index contributed by atoms with van der Waals surface area (Å²) in [7, 11) is 1.78. The molecular weight excluding hydrogens is 441 g/mol. The number of nitrogens with one attached hydrogen (secondary N) is 2. The fourth-order valence-corrected chi connectivity index (χ4v) is 2.86. The minimum atomic E-state index is 0. The SMILES string of the molecule is CN=C(NCCOCc1ccccc1)NC1CCOc2ccccc21.I. The van der Waals surface area contributed by atoms with E-state index in [1.165, 1.54) is 11.1 Å². The standard InChI is InChI=1S/C20H25N3O2.HI/c1-21-20(22-12-14-24-15-16-7-3-2-4-8-16)23-18-11-13-25-19-10-6-5-9-17(18)19;/h2-10,18H,11-15H2,1H3,(H2,21,22,23);1H. The summed E-state index contributed by atoms with van der Waals surface area (Å²) in [4.78, 5) is 4.31. The fraction of sp³-hybridized carbons (Fsp3) is 0.350. The number of ether oxygens (including phenoxy) is 2. The summed E-state index contributed by atoms with van der Waals surface area (Å²) in [5.41, 5.74) is 2.36. The Kier molecular flexibility index (Phi) is 8.70. The van der Waals surface area contributed by atoms with Crippen LogP contribution in [0.25, 0.3) is 0 Å². The molecule has 0 fully saturated rings. The summed E-state index contributed by atoms with van der Waals surface area (Å²) in [5.74, 6) is 1.73. The molecule has 0 amide bonds. The maximum Gasteiger partial charge on any atom is 0.191 e. The van der Waals surface area contributed by atoms with Gasteiger partial charge in [-0.3, -0.25) is 4.99 Å². The number of guanidine groups is 1. The van der Waals surface area contributed by atoms with E-state index in [1.54, 1.807) is 7.05 Å². The topological polar surface area (TPSA) is 54.9 Å². The van der Waals surface area contributed by atoms with Crippen molar-refractivity contribution in [2.45, 2.75) is 19.1 Å². The van der Waals surface area contributed by atoms with Crippen molar-refractivity contribution in [2.75, 3.05) is 26.8 Å². The van der Waals surface area contributed by atoms with Gasteiger partial charge < -0.3 is 20.1 Å². The Balaban J connectivity index is 0.00000243. The van der Waals surface area contributed by atoms with Gasteiger partial charge >= 0.3 is 0 Å². The van der Waals surface area contributed by atoms with E-state index < -0.39 is 0 Å². The van der Waals surface area contributed by atoms with E-state index in [1.807, 2.05) is 36.4 Å². The third-order valence-electron chi connectivity index (χ3n) is 4.14. The molecule has 0 aromatic heterocycles. The first-order valence-corrected chi connectivity index (χ1v) is 8.67. The molecule has 0 radical (unpaired) electrons. The second-order valence-electron chi connectivity index (χ2n) is 5.91. The van der Waals surface area contributed by atoms with Crippen LogP contribution in [0.3, 0.4) is 0 Å². The molecule has 0 spiro atoms. The molecule has 1 heterocycles. The highest BCUT2D eigenvalue weighted by atomic mass is 127. The van der Waals surface area contributed by atoms with Gasteiger partial charge in [-0.1, -0.05) is 48.5 Å². The van der Waals surface area contributed by atoms with Gasteiger partial charge in [0.05, 0.1) is 25.9 Å². The molecule has 2 aromatic carbocycles. The lowest BCUT2D eigenvalue weighted by atomic mass is 10.0. The number of nitrogens with zero attached hydrogens (tertiary/aromatic N) is 1. The van der Waals surface area contributed by atoms with Crippen LogP contribution in [0.5, 0.6) is 5.75 Å². The summed E-state index contributed by atoms with van der Waals surface area (Å²) in [6, 6.07) is 18.5. The predicted molar refractivity (Wildman–Crippen MR) is 115 cm³/mol. The monoisotopic (exact) mass is 467 g/mol. The summed E-state index contributed by atoms with van der Waals surface area (Å²) in [6.07, 6.45) is 0.919. The maximum atomic E-state index is 5.70. The van der Waals surface area contributed by atoms with Gasteiger partial charge in [0.15, 0.2) is 5.96 Å². The highest BCUT2D eigenvalue weighted by Crippen LogP contribution is 2.31. The molecule has 5 nitrogen and oxygen atoms in total. The molecule has 2 N–H and O–H groups in total. The van der Waals surface area contributed by atoms with Gasteiger partial charge in [-0.15, -0.1) is 24.0 Å². The molecule has 0 bridgehead atoms. The number of fused-ring (bicyclic) bond motifs is 1. The van der Waals surface area contributed by atoms with E-state index in [0.29, 0.717) is 26.4 Å². The number of rotatable bonds is 6. The Morgan fingerprint density at radius 3 is 2.73 bits per heavy atom. The Bertz CT molecular complexity index is 694. The molecular formula is C20H26IN3O2. The molecule has 26 heavy (non-hydrogen) atoms. The minimum absolute atomic E-state index is 0. The third-order valence-corrected chi connectivity index (χ3v) is 4.14. The van der Waals surface area contributed by atoms with E-state index in [2.05, 4.69) is 33.8 Å². The zero-order valence-corrected chi connectivity index (χ0v) is 17.3. The quantitative estimate of drug-likeness (QED) is 0.296.